The molecule has 2 unspecified atom stereocenters. The second kappa shape index (κ2) is 23.5. The predicted octanol–water partition coefficient (Wildman–Crippen LogP) is 10.5. The van der Waals surface area contributed by atoms with Gasteiger partial charge in [0.15, 0.2) is 6.10 Å². The molecule has 0 aromatic heterocycles. The molecule has 3 aromatic rings. The highest BCUT2D eigenvalue weighted by atomic mass is 35.5. The lowest BCUT2D eigenvalue weighted by Crippen LogP contribution is -2.57. The molecule has 0 aliphatic heterocycles. The Morgan fingerprint density at radius 3 is 1.87 bits per heavy atom. The normalized spacial score (nSPS) is 13.0. The number of amides is 2. The van der Waals surface area contributed by atoms with Crippen molar-refractivity contribution in [3.05, 3.63) is 90.0 Å². The number of aryl methyl sites for hydroxylation is 1. The highest BCUT2D eigenvalue weighted by molar-refractivity contribution is 6.47. The molecule has 9 nitrogen and oxygen atoms in total. The second-order valence-electron chi connectivity index (χ2n) is 14.9. The summed E-state index contributed by atoms with van der Waals surface area (Å²) in [4.78, 5) is 52.5. The van der Waals surface area contributed by atoms with Crippen molar-refractivity contribution in [3.63, 3.8) is 0 Å². The number of carboxylic acid groups (broad SMARTS) is 1. The molecule has 0 saturated heterocycles. The van der Waals surface area contributed by atoms with Gasteiger partial charge in [-0.2, -0.15) is 0 Å². The fraction of sp³-hybridized carbons (Fsp3) is 0.511. The number of ether oxygens (including phenoxy) is 2. The minimum Gasteiger partial charge on any atom is -0.481 e. The number of para-hydroxylation sites is 1. The molecule has 0 saturated carbocycles. The number of Topliss-reactive ketones (excluding diaryl/α,β-unsaturated/α-hetero) is 1. The average molecular weight is 777 g/mol. The van der Waals surface area contributed by atoms with Crippen LogP contribution in [0.5, 0.6) is 11.5 Å². The van der Waals surface area contributed by atoms with Crippen LogP contribution in [-0.4, -0.2) is 46.4 Å². The molecule has 0 heterocycles. The number of carbonyl (C=O) groups excluding carboxylic acids is 3. The lowest BCUT2D eigenvalue weighted by Gasteiger charge is -2.33. The SMILES string of the molecule is CCCCCCCCCCCCCCCc1cccc(OC(CC)C(=O)NCC(C)(C)C(=O)C(Cl)(Oc2ccc(C(=O)O)cc2)C(=O)Nc2ccccc2)c1. The number of halogens is 1. The summed E-state index contributed by atoms with van der Waals surface area (Å²) in [5.74, 6) is -2.71. The number of alkyl halides is 1. The maximum atomic E-state index is 14.1. The minimum atomic E-state index is -2.57. The Bertz CT molecular complexity index is 1630. The van der Waals surface area contributed by atoms with Crippen LogP contribution in [0.1, 0.15) is 134 Å². The molecule has 3 aromatic carbocycles. The first-order valence-corrected chi connectivity index (χ1v) is 20.4. The zero-order valence-electron chi connectivity index (χ0n) is 33.2. The number of hydrogen-bond acceptors (Lipinski definition) is 6. The molecule has 0 bridgehead atoms. The summed E-state index contributed by atoms with van der Waals surface area (Å²) in [7, 11) is 0. The van der Waals surface area contributed by atoms with E-state index in [2.05, 4.69) is 23.6 Å². The fourth-order valence-electron chi connectivity index (χ4n) is 6.30. The third-order valence-electron chi connectivity index (χ3n) is 9.70. The molecular weight excluding hydrogens is 716 g/mol. The van der Waals surface area contributed by atoms with Crippen LogP contribution in [0.2, 0.25) is 0 Å². The molecule has 3 N–H and O–H groups in total. The fourth-order valence-corrected chi connectivity index (χ4v) is 6.69. The third kappa shape index (κ3) is 15.4. The zero-order valence-corrected chi connectivity index (χ0v) is 33.9. The van der Waals surface area contributed by atoms with Gasteiger partial charge >= 0.3 is 11.0 Å². The molecule has 2 atom stereocenters. The number of unbranched alkanes of at least 4 members (excludes halogenated alkanes) is 12. The van der Waals surface area contributed by atoms with Crippen LogP contribution in [0.15, 0.2) is 78.9 Å². The van der Waals surface area contributed by atoms with Crippen LogP contribution >= 0.6 is 11.6 Å². The maximum Gasteiger partial charge on any atom is 0.335 e. The number of aromatic carboxylic acids is 1. The van der Waals surface area contributed by atoms with Crippen molar-refractivity contribution < 1.29 is 33.8 Å². The van der Waals surface area contributed by atoms with Crippen molar-refractivity contribution in [2.24, 2.45) is 5.41 Å². The Labute approximate surface area is 332 Å². The van der Waals surface area contributed by atoms with Gasteiger partial charge in [-0.25, -0.2) is 4.79 Å². The van der Waals surface area contributed by atoms with Gasteiger partial charge in [-0.15, -0.1) is 0 Å². The maximum absolute atomic E-state index is 14.1. The van der Waals surface area contributed by atoms with E-state index < -0.39 is 40.1 Å². The standard InChI is InChI=1S/C45H61ClN2O7/c1-5-7-8-9-10-11-12-13-14-15-16-17-19-23-34-24-22-27-38(32-34)54-39(6-2)40(49)47-33-44(3,4)42(52)45(46,43(53)48-36-25-20-18-21-26-36)55-37-30-28-35(29-31-37)41(50)51/h18,20-22,24-32,39H,5-17,19,23,33H2,1-4H3,(H,47,49)(H,48,53)(H,50,51). The van der Waals surface area contributed by atoms with E-state index in [1.807, 2.05) is 25.1 Å². The number of nitrogens with one attached hydrogen (secondary N) is 2. The monoisotopic (exact) mass is 776 g/mol. The Morgan fingerprint density at radius 1 is 0.727 bits per heavy atom. The van der Waals surface area contributed by atoms with Crippen LogP contribution < -0.4 is 20.1 Å². The molecule has 0 fully saturated rings. The summed E-state index contributed by atoms with van der Waals surface area (Å²) in [6.45, 7) is 7.05. The number of carbonyl (C=O) groups is 4. The largest absolute Gasteiger partial charge is 0.481 e. The van der Waals surface area contributed by atoms with E-state index in [1.165, 1.54) is 101 Å². The number of rotatable bonds is 27. The van der Waals surface area contributed by atoms with Crippen molar-refractivity contribution in [2.75, 3.05) is 11.9 Å². The molecular formula is C45H61ClN2O7. The number of anilines is 1. The van der Waals surface area contributed by atoms with E-state index in [4.69, 9.17) is 21.1 Å². The molecule has 2 amide bonds. The lowest BCUT2D eigenvalue weighted by atomic mass is 9.84. The van der Waals surface area contributed by atoms with Gasteiger partial charge in [0.25, 0.3) is 11.8 Å². The van der Waals surface area contributed by atoms with Crippen LogP contribution in [0.25, 0.3) is 0 Å². The van der Waals surface area contributed by atoms with Gasteiger partial charge < -0.3 is 25.2 Å². The lowest BCUT2D eigenvalue weighted by molar-refractivity contribution is -0.144. The van der Waals surface area contributed by atoms with Gasteiger partial charge in [0, 0.05) is 17.6 Å². The Balaban J connectivity index is 1.53. The van der Waals surface area contributed by atoms with Crippen LogP contribution in [-0.2, 0) is 20.8 Å². The summed E-state index contributed by atoms with van der Waals surface area (Å²) in [5.41, 5.74) is 0.147. The van der Waals surface area contributed by atoms with Gasteiger partial charge in [-0.3, -0.25) is 14.4 Å². The Morgan fingerprint density at radius 2 is 1.31 bits per heavy atom. The van der Waals surface area contributed by atoms with Crippen molar-refractivity contribution >= 4 is 40.9 Å². The van der Waals surface area contributed by atoms with Crippen molar-refractivity contribution in [1.29, 1.82) is 0 Å². The van der Waals surface area contributed by atoms with Crippen LogP contribution in [0.3, 0.4) is 0 Å². The Kier molecular flexibility index (Phi) is 19.3. The molecule has 55 heavy (non-hydrogen) atoms. The molecule has 0 radical (unpaired) electrons. The summed E-state index contributed by atoms with van der Waals surface area (Å²) in [6.07, 6.45) is 17.5. The highest BCUT2D eigenvalue weighted by Crippen LogP contribution is 2.33. The van der Waals surface area contributed by atoms with E-state index in [1.54, 1.807) is 44.2 Å². The van der Waals surface area contributed by atoms with Crippen molar-refractivity contribution in [3.8, 4) is 11.5 Å². The van der Waals surface area contributed by atoms with E-state index in [9.17, 15) is 24.3 Å². The van der Waals surface area contributed by atoms with E-state index in [0.29, 0.717) is 17.9 Å². The number of carboxylic acids is 1. The molecule has 3 rings (SSSR count). The van der Waals surface area contributed by atoms with Gasteiger partial charge in [0.1, 0.15) is 11.5 Å². The topological polar surface area (TPSA) is 131 Å². The summed E-state index contributed by atoms with van der Waals surface area (Å²) in [5, 5.41) is 12.2. The molecule has 0 spiro atoms. The first-order valence-electron chi connectivity index (χ1n) is 20.1. The van der Waals surface area contributed by atoms with Crippen LogP contribution in [0, 0.1) is 5.41 Å². The number of benzene rings is 3. The highest BCUT2D eigenvalue weighted by Gasteiger charge is 2.53. The second-order valence-corrected chi connectivity index (χ2v) is 15.5. The van der Waals surface area contributed by atoms with Crippen molar-refractivity contribution in [1.82, 2.24) is 5.32 Å². The van der Waals surface area contributed by atoms with Gasteiger partial charge in [0.2, 0.25) is 5.78 Å². The summed E-state index contributed by atoms with van der Waals surface area (Å²) in [6, 6.07) is 21.5. The summed E-state index contributed by atoms with van der Waals surface area (Å²) < 4.78 is 12.0. The van der Waals surface area contributed by atoms with Crippen LogP contribution in [0.4, 0.5) is 5.69 Å². The zero-order chi connectivity index (χ0) is 40.1. The average Bonchev–Trinajstić information content (AvgIpc) is 3.18. The van der Waals surface area contributed by atoms with E-state index in [-0.39, 0.29) is 17.9 Å². The van der Waals surface area contributed by atoms with Crippen molar-refractivity contribution in [2.45, 2.75) is 135 Å². The van der Waals surface area contributed by atoms with Gasteiger partial charge in [-0.1, -0.05) is 147 Å². The summed E-state index contributed by atoms with van der Waals surface area (Å²) >= 11 is 6.80. The molecule has 300 valence electrons. The predicted molar refractivity (Wildman–Crippen MR) is 220 cm³/mol. The molecule has 0 aliphatic rings. The number of ketones is 1. The minimum absolute atomic E-state index is 0.00663. The quantitative estimate of drug-likeness (QED) is 0.0399. The smallest absolute Gasteiger partial charge is 0.335 e. The first kappa shape index (κ1) is 45.0. The van der Waals surface area contributed by atoms with Gasteiger partial charge in [0.05, 0.1) is 5.56 Å². The molecule has 10 heteroatoms. The van der Waals surface area contributed by atoms with E-state index >= 15 is 0 Å². The molecule has 0 aliphatic carbocycles. The number of hydrogen-bond donors (Lipinski definition) is 3. The van der Waals surface area contributed by atoms with E-state index in [0.717, 1.165) is 18.4 Å². The third-order valence-corrected chi connectivity index (χ3v) is 10.1. The van der Waals surface area contributed by atoms with Gasteiger partial charge in [-0.05, 0) is 73.4 Å². The first-order chi connectivity index (χ1) is 26.4. The Hall–Kier alpha value is -4.37.